The zero-order valence-electron chi connectivity index (χ0n) is 12.3. The van der Waals surface area contributed by atoms with Gasteiger partial charge < -0.3 is 15.2 Å². The molecule has 20 heavy (non-hydrogen) atoms. The predicted octanol–water partition coefficient (Wildman–Crippen LogP) is 2.80. The van der Waals surface area contributed by atoms with Gasteiger partial charge in [-0.1, -0.05) is 13.8 Å². The second-order valence-corrected chi connectivity index (χ2v) is 5.23. The lowest BCUT2D eigenvalue weighted by Crippen LogP contribution is -2.37. The maximum absolute atomic E-state index is 12.8. The summed E-state index contributed by atoms with van der Waals surface area (Å²) in [4.78, 5) is 12.8. The molecule has 1 aromatic carbocycles. The van der Waals surface area contributed by atoms with Crippen LogP contribution in [0.1, 0.15) is 43.5 Å². The van der Waals surface area contributed by atoms with Crippen molar-refractivity contribution in [3.8, 4) is 11.5 Å². The van der Waals surface area contributed by atoms with Gasteiger partial charge in [-0.3, -0.25) is 4.79 Å². The monoisotopic (exact) mass is 277 g/mol. The Bertz CT molecular complexity index is 472. The van der Waals surface area contributed by atoms with Crippen molar-refractivity contribution in [3.63, 3.8) is 0 Å². The summed E-state index contributed by atoms with van der Waals surface area (Å²) < 4.78 is 11.2. The van der Waals surface area contributed by atoms with E-state index in [0.29, 0.717) is 36.8 Å². The molecule has 1 aliphatic heterocycles. The number of benzene rings is 1. The van der Waals surface area contributed by atoms with E-state index in [1.54, 1.807) is 6.07 Å². The minimum absolute atomic E-state index is 0.0978. The molecule has 0 saturated carbocycles. The molecule has 2 N–H and O–H groups in total. The largest absolute Gasteiger partial charge is 0.490 e. The molecule has 1 heterocycles. The molecule has 0 spiro atoms. The van der Waals surface area contributed by atoms with Crippen LogP contribution in [0.2, 0.25) is 0 Å². The van der Waals surface area contributed by atoms with Crippen molar-refractivity contribution in [2.45, 2.75) is 33.1 Å². The van der Waals surface area contributed by atoms with Crippen molar-refractivity contribution in [2.75, 3.05) is 19.8 Å². The first kappa shape index (κ1) is 14.9. The Hall–Kier alpha value is -1.55. The van der Waals surface area contributed by atoms with Crippen LogP contribution in [0.5, 0.6) is 11.5 Å². The van der Waals surface area contributed by atoms with Gasteiger partial charge in [0, 0.05) is 23.9 Å². The fraction of sp³-hybridized carbons (Fsp3) is 0.562. The quantitative estimate of drug-likeness (QED) is 0.841. The molecule has 2 rings (SSSR count). The Balaban J connectivity index is 2.33. The van der Waals surface area contributed by atoms with Crippen molar-refractivity contribution in [1.82, 2.24) is 0 Å². The van der Waals surface area contributed by atoms with E-state index in [-0.39, 0.29) is 5.78 Å². The topological polar surface area (TPSA) is 61.6 Å². The van der Waals surface area contributed by atoms with Crippen LogP contribution in [0.4, 0.5) is 0 Å². The summed E-state index contributed by atoms with van der Waals surface area (Å²) >= 11 is 0. The molecule has 0 bridgehead atoms. The molecule has 0 saturated heterocycles. The Labute approximate surface area is 120 Å². The summed E-state index contributed by atoms with van der Waals surface area (Å²) in [5.74, 6) is 1.47. The number of Topliss-reactive ketones (excluding diaryl/α,β-unsaturated/α-hetero) is 1. The van der Waals surface area contributed by atoms with Gasteiger partial charge in [-0.25, -0.2) is 0 Å². The van der Waals surface area contributed by atoms with Gasteiger partial charge >= 0.3 is 0 Å². The van der Waals surface area contributed by atoms with Gasteiger partial charge in [-0.2, -0.15) is 0 Å². The van der Waals surface area contributed by atoms with E-state index in [4.69, 9.17) is 15.2 Å². The van der Waals surface area contributed by atoms with Crippen LogP contribution >= 0.6 is 0 Å². The first-order valence-electron chi connectivity index (χ1n) is 7.31. The summed E-state index contributed by atoms with van der Waals surface area (Å²) in [6, 6.07) is 5.42. The molecule has 110 valence electrons. The number of hydrogen-bond donors (Lipinski definition) is 1. The molecule has 0 aromatic heterocycles. The zero-order chi connectivity index (χ0) is 14.6. The molecule has 0 amide bonds. The van der Waals surface area contributed by atoms with E-state index < -0.39 is 5.41 Å². The van der Waals surface area contributed by atoms with Gasteiger partial charge in [-0.05, 0) is 31.0 Å². The number of fused-ring (bicyclic) bond motifs is 1. The lowest BCUT2D eigenvalue weighted by molar-refractivity contribution is 0.0787. The first-order chi connectivity index (χ1) is 9.66. The van der Waals surface area contributed by atoms with E-state index in [2.05, 4.69) is 0 Å². The molecule has 0 fully saturated rings. The number of hydrogen-bond acceptors (Lipinski definition) is 4. The molecule has 4 nitrogen and oxygen atoms in total. The Morgan fingerprint density at radius 2 is 1.85 bits per heavy atom. The lowest BCUT2D eigenvalue weighted by Gasteiger charge is -2.28. The summed E-state index contributed by atoms with van der Waals surface area (Å²) in [5, 5.41) is 0. The smallest absolute Gasteiger partial charge is 0.170 e. The number of ketones is 1. The Kier molecular flexibility index (Phi) is 4.65. The fourth-order valence-corrected chi connectivity index (χ4v) is 2.56. The van der Waals surface area contributed by atoms with Gasteiger partial charge in [0.2, 0.25) is 0 Å². The van der Waals surface area contributed by atoms with Crippen molar-refractivity contribution in [1.29, 1.82) is 0 Å². The summed E-state index contributed by atoms with van der Waals surface area (Å²) in [7, 11) is 0. The van der Waals surface area contributed by atoms with Crippen molar-refractivity contribution in [2.24, 2.45) is 11.1 Å². The molecule has 0 atom stereocenters. The second kappa shape index (κ2) is 6.27. The molecule has 1 aliphatic rings. The average molecular weight is 277 g/mol. The lowest BCUT2D eigenvalue weighted by atomic mass is 9.76. The van der Waals surface area contributed by atoms with E-state index in [9.17, 15) is 4.79 Å². The highest BCUT2D eigenvalue weighted by Gasteiger charge is 2.34. The van der Waals surface area contributed by atoms with Crippen molar-refractivity contribution < 1.29 is 14.3 Å². The third-order valence-corrected chi connectivity index (χ3v) is 4.24. The zero-order valence-corrected chi connectivity index (χ0v) is 12.3. The van der Waals surface area contributed by atoms with Crippen molar-refractivity contribution in [3.05, 3.63) is 23.8 Å². The molecular formula is C16H23NO3. The SMILES string of the molecule is CCC(CC)(CN)C(=O)c1ccc2c(c1)OCCCO2. The molecule has 0 unspecified atom stereocenters. The van der Waals surface area contributed by atoms with Crippen LogP contribution in [0, 0.1) is 5.41 Å². The normalized spacial score (nSPS) is 14.8. The van der Waals surface area contributed by atoms with Gasteiger partial charge in [0.25, 0.3) is 0 Å². The first-order valence-corrected chi connectivity index (χ1v) is 7.31. The van der Waals surface area contributed by atoms with Crippen LogP contribution in [0.3, 0.4) is 0 Å². The Morgan fingerprint density at radius 3 is 2.45 bits per heavy atom. The van der Waals surface area contributed by atoms with Gasteiger partial charge in [0.1, 0.15) is 0 Å². The average Bonchev–Trinajstić information content (AvgIpc) is 2.73. The van der Waals surface area contributed by atoms with Crippen molar-refractivity contribution >= 4 is 5.78 Å². The molecular weight excluding hydrogens is 254 g/mol. The third kappa shape index (κ3) is 2.66. The number of nitrogens with two attached hydrogens (primary N) is 1. The summed E-state index contributed by atoms with van der Waals surface area (Å²) in [5.41, 5.74) is 6.04. The van der Waals surface area contributed by atoms with E-state index in [0.717, 1.165) is 19.3 Å². The highest BCUT2D eigenvalue weighted by atomic mass is 16.5. The molecule has 4 heteroatoms. The van der Waals surface area contributed by atoms with Crippen LogP contribution in [0.25, 0.3) is 0 Å². The molecule has 0 aliphatic carbocycles. The number of rotatable bonds is 5. The predicted molar refractivity (Wildman–Crippen MR) is 78.4 cm³/mol. The minimum Gasteiger partial charge on any atom is -0.490 e. The van der Waals surface area contributed by atoms with E-state index in [1.807, 2.05) is 26.0 Å². The van der Waals surface area contributed by atoms with Gasteiger partial charge in [0.15, 0.2) is 17.3 Å². The highest BCUT2D eigenvalue weighted by molar-refractivity contribution is 6.01. The molecule has 0 radical (unpaired) electrons. The standard InChI is InChI=1S/C16H23NO3/c1-3-16(4-2,11-17)15(18)12-6-7-13-14(10-12)20-9-5-8-19-13/h6-7,10H,3-5,8-9,11,17H2,1-2H3. The second-order valence-electron chi connectivity index (χ2n) is 5.23. The van der Waals surface area contributed by atoms with Crippen LogP contribution in [-0.4, -0.2) is 25.5 Å². The highest BCUT2D eigenvalue weighted by Crippen LogP contribution is 2.35. The number of ether oxygens (including phenoxy) is 2. The minimum atomic E-state index is -0.472. The fourth-order valence-electron chi connectivity index (χ4n) is 2.56. The van der Waals surface area contributed by atoms with E-state index in [1.165, 1.54) is 0 Å². The van der Waals surface area contributed by atoms with Gasteiger partial charge in [-0.15, -0.1) is 0 Å². The van der Waals surface area contributed by atoms with Crippen LogP contribution < -0.4 is 15.2 Å². The van der Waals surface area contributed by atoms with E-state index >= 15 is 0 Å². The Morgan fingerprint density at radius 1 is 1.20 bits per heavy atom. The third-order valence-electron chi connectivity index (χ3n) is 4.24. The maximum Gasteiger partial charge on any atom is 0.170 e. The van der Waals surface area contributed by atoms with Gasteiger partial charge in [0.05, 0.1) is 13.2 Å². The maximum atomic E-state index is 12.8. The summed E-state index contributed by atoms with van der Waals surface area (Å²) in [6.07, 6.45) is 2.34. The number of carbonyl (C=O) groups is 1. The van der Waals surface area contributed by atoms with Crippen LogP contribution in [-0.2, 0) is 0 Å². The molecule has 1 aromatic rings. The number of carbonyl (C=O) groups excluding carboxylic acids is 1. The van der Waals surface area contributed by atoms with Crippen LogP contribution in [0.15, 0.2) is 18.2 Å². The summed E-state index contributed by atoms with van der Waals surface area (Å²) in [6.45, 7) is 5.66.